The van der Waals surface area contributed by atoms with Crippen LogP contribution in [-0.4, -0.2) is 25.4 Å². The molecule has 1 aliphatic carbocycles. The van der Waals surface area contributed by atoms with Crippen LogP contribution in [0.4, 0.5) is 0 Å². The second-order valence-electron chi connectivity index (χ2n) is 3.79. The van der Waals surface area contributed by atoms with Gasteiger partial charge in [0, 0.05) is 7.11 Å². The second-order valence-corrected chi connectivity index (χ2v) is 3.79. The number of hydrogen-bond donors (Lipinski definition) is 1. The Kier molecular flexibility index (Phi) is 5.21. The lowest BCUT2D eigenvalue weighted by molar-refractivity contribution is -0.417. The summed E-state index contributed by atoms with van der Waals surface area (Å²) < 4.78 is 5.21. The molecule has 0 aromatic heterocycles. The van der Waals surface area contributed by atoms with E-state index in [1.54, 1.807) is 7.11 Å². The quantitative estimate of drug-likeness (QED) is 0.316. The minimum absolute atomic E-state index is 0.0344. The molecule has 0 amide bonds. The Bertz CT molecular complexity index is 208. The molecule has 5 nitrogen and oxygen atoms in total. The topological polar surface area (TPSA) is 49.0 Å². The lowest BCUT2D eigenvalue weighted by Gasteiger charge is -2.14. The maximum Gasteiger partial charge on any atom is 0.118 e. The third-order valence-corrected chi connectivity index (χ3v) is 2.28. The molecule has 0 aromatic carbocycles. The number of nitrogens with one attached hydrogen (secondary N) is 1. The van der Waals surface area contributed by atoms with Crippen LogP contribution in [0.1, 0.15) is 26.7 Å². The van der Waals surface area contributed by atoms with Crippen molar-refractivity contribution < 1.29 is 19.5 Å². The molecule has 2 atom stereocenters. The molecular formula is C10H19NO4. The first-order valence-electron chi connectivity index (χ1n) is 5.09. The Labute approximate surface area is 90.2 Å². The van der Waals surface area contributed by atoms with Gasteiger partial charge in [-0.05, 0) is 37.9 Å². The highest BCUT2D eigenvalue weighted by Gasteiger charge is 2.30. The fourth-order valence-electron chi connectivity index (χ4n) is 1.45. The highest BCUT2D eigenvalue weighted by Crippen LogP contribution is 2.28. The number of methoxy groups -OCH3 is 1. The van der Waals surface area contributed by atoms with Gasteiger partial charge in [0.1, 0.15) is 6.10 Å². The Morgan fingerprint density at radius 1 is 1.33 bits per heavy atom. The third kappa shape index (κ3) is 3.89. The zero-order valence-electron chi connectivity index (χ0n) is 9.49. The van der Waals surface area contributed by atoms with E-state index in [-0.39, 0.29) is 18.3 Å². The summed E-state index contributed by atoms with van der Waals surface area (Å²) in [5.41, 5.74) is 3.17. The lowest BCUT2D eigenvalue weighted by Crippen LogP contribution is -2.24. The molecule has 0 saturated heterocycles. The van der Waals surface area contributed by atoms with E-state index in [0.717, 1.165) is 18.4 Å². The molecule has 1 N–H and O–H groups in total. The van der Waals surface area contributed by atoms with E-state index in [1.165, 1.54) is 0 Å². The average molecular weight is 217 g/mol. The zero-order chi connectivity index (χ0) is 11.3. The monoisotopic (exact) mass is 217 g/mol. The van der Waals surface area contributed by atoms with Crippen molar-refractivity contribution in [3.05, 3.63) is 12.2 Å². The van der Waals surface area contributed by atoms with Gasteiger partial charge in [0.05, 0.1) is 12.2 Å². The maximum atomic E-state index is 5.21. The smallest absolute Gasteiger partial charge is 0.118 e. The molecule has 0 heterocycles. The van der Waals surface area contributed by atoms with Crippen LogP contribution in [0.25, 0.3) is 0 Å². The SMILES string of the molecule is C=C1C(OC)CCC1OONOC(C)C. The molecule has 1 rings (SSSR count). The Morgan fingerprint density at radius 3 is 2.53 bits per heavy atom. The van der Waals surface area contributed by atoms with Crippen molar-refractivity contribution in [3.63, 3.8) is 0 Å². The van der Waals surface area contributed by atoms with E-state index in [0.29, 0.717) is 0 Å². The van der Waals surface area contributed by atoms with Gasteiger partial charge in [-0.2, -0.15) is 0 Å². The van der Waals surface area contributed by atoms with Crippen molar-refractivity contribution in [3.8, 4) is 0 Å². The van der Waals surface area contributed by atoms with Gasteiger partial charge in [-0.1, -0.05) is 6.58 Å². The first-order valence-corrected chi connectivity index (χ1v) is 5.09. The summed E-state index contributed by atoms with van der Waals surface area (Å²) in [6, 6.07) is 0. The normalized spacial score (nSPS) is 26.5. The van der Waals surface area contributed by atoms with Gasteiger partial charge >= 0.3 is 0 Å². The number of rotatable bonds is 6. The van der Waals surface area contributed by atoms with Gasteiger partial charge in [-0.15, -0.1) is 4.99 Å². The summed E-state index contributed by atoms with van der Waals surface area (Å²) in [5.74, 6) is 0. The molecule has 15 heavy (non-hydrogen) atoms. The highest BCUT2D eigenvalue weighted by atomic mass is 17.3. The van der Waals surface area contributed by atoms with E-state index in [2.05, 4.69) is 12.2 Å². The van der Waals surface area contributed by atoms with Crippen molar-refractivity contribution in [1.82, 2.24) is 5.64 Å². The van der Waals surface area contributed by atoms with Crippen LogP contribution in [0.3, 0.4) is 0 Å². The summed E-state index contributed by atoms with van der Waals surface area (Å²) >= 11 is 0. The molecular weight excluding hydrogens is 198 g/mol. The van der Waals surface area contributed by atoms with Crippen LogP contribution in [-0.2, 0) is 19.5 Å². The van der Waals surface area contributed by atoms with Gasteiger partial charge in [-0.25, -0.2) is 4.89 Å². The first kappa shape index (κ1) is 12.6. The van der Waals surface area contributed by atoms with E-state index >= 15 is 0 Å². The van der Waals surface area contributed by atoms with Crippen LogP contribution in [0, 0.1) is 0 Å². The van der Waals surface area contributed by atoms with Crippen molar-refractivity contribution in [2.24, 2.45) is 0 Å². The standard InChI is InChI=1S/C10H19NO4/c1-7(2)13-11-15-14-10-6-5-9(12-4)8(10)3/h7,9-11H,3,5-6H2,1-2,4H3. The summed E-state index contributed by atoms with van der Waals surface area (Å²) in [5, 5.41) is 0. The maximum absolute atomic E-state index is 5.21. The fourth-order valence-corrected chi connectivity index (χ4v) is 1.45. The summed E-state index contributed by atoms with van der Waals surface area (Å²) in [6.45, 7) is 7.66. The highest BCUT2D eigenvalue weighted by molar-refractivity contribution is 5.14. The van der Waals surface area contributed by atoms with Crippen molar-refractivity contribution in [2.75, 3.05) is 7.11 Å². The van der Waals surface area contributed by atoms with Crippen LogP contribution in [0.5, 0.6) is 0 Å². The Morgan fingerprint density at radius 2 is 2.00 bits per heavy atom. The van der Waals surface area contributed by atoms with Crippen molar-refractivity contribution in [1.29, 1.82) is 0 Å². The van der Waals surface area contributed by atoms with E-state index in [4.69, 9.17) is 19.5 Å². The van der Waals surface area contributed by atoms with Crippen LogP contribution >= 0.6 is 0 Å². The molecule has 1 saturated carbocycles. The lowest BCUT2D eigenvalue weighted by atomic mass is 10.2. The largest absolute Gasteiger partial charge is 0.377 e. The molecule has 1 fully saturated rings. The number of ether oxygens (including phenoxy) is 1. The van der Waals surface area contributed by atoms with Gasteiger partial charge in [0.15, 0.2) is 0 Å². The zero-order valence-corrected chi connectivity index (χ0v) is 9.49. The van der Waals surface area contributed by atoms with Crippen LogP contribution in [0.2, 0.25) is 0 Å². The third-order valence-electron chi connectivity index (χ3n) is 2.28. The first-order chi connectivity index (χ1) is 7.15. The van der Waals surface area contributed by atoms with Gasteiger partial charge in [0.2, 0.25) is 0 Å². The summed E-state index contributed by atoms with van der Waals surface area (Å²) in [7, 11) is 1.67. The van der Waals surface area contributed by atoms with E-state index < -0.39 is 0 Å². The van der Waals surface area contributed by atoms with Crippen LogP contribution < -0.4 is 5.64 Å². The molecule has 2 unspecified atom stereocenters. The summed E-state index contributed by atoms with van der Waals surface area (Å²) in [4.78, 5) is 14.7. The molecule has 0 aliphatic heterocycles. The minimum Gasteiger partial charge on any atom is -0.377 e. The predicted octanol–water partition coefficient (Wildman–Crippen LogP) is 1.51. The van der Waals surface area contributed by atoms with Crippen molar-refractivity contribution in [2.45, 2.75) is 45.0 Å². The van der Waals surface area contributed by atoms with Gasteiger partial charge in [0.25, 0.3) is 0 Å². The summed E-state index contributed by atoms with van der Waals surface area (Å²) in [6.07, 6.45) is 1.74. The second kappa shape index (κ2) is 6.19. The van der Waals surface area contributed by atoms with E-state index in [9.17, 15) is 0 Å². The predicted molar refractivity (Wildman–Crippen MR) is 54.5 cm³/mol. The van der Waals surface area contributed by atoms with Gasteiger partial charge in [-0.3, -0.25) is 4.84 Å². The molecule has 0 radical (unpaired) electrons. The molecule has 0 bridgehead atoms. The minimum atomic E-state index is -0.127. The molecule has 5 heteroatoms. The molecule has 0 spiro atoms. The van der Waals surface area contributed by atoms with Crippen molar-refractivity contribution >= 4 is 0 Å². The fraction of sp³-hybridized carbons (Fsp3) is 0.800. The Balaban J connectivity index is 2.15. The Hall–Kier alpha value is -0.460. The van der Waals surface area contributed by atoms with E-state index in [1.807, 2.05) is 13.8 Å². The average Bonchev–Trinajstić information content (AvgIpc) is 2.54. The number of hydrogen-bond acceptors (Lipinski definition) is 5. The van der Waals surface area contributed by atoms with Crippen LogP contribution in [0.15, 0.2) is 12.2 Å². The molecule has 0 aromatic rings. The molecule has 1 aliphatic rings. The molecule has 88 valence electrons. The van der Waals surface area contributed by atoms with Gasteiger partial charge < -0.3 is 4.74 Å².